The molecule has 8 nitrogen and oxygen atoms in total. The predicted molar refractivity (Wildman–Crippen MR) is 123 cm³/mol. The lowest BCUT2D eigenvalue weighted by molar-refractivity contribution is -0.198. The van der Waals surface area contributed by atoms with Gasteiger partial charge >= 0.3 is 0 Å². The maximum absolute atomic E-state index is 11.9. The second-order valence-electron chi connectivity index (χ2n) is 8.00. The van der Waals surface area contributed by atoms with Crippen molar-refractivity contribution >= 4 is 29.4 Å². The molecule has 0 spiro atoms. The highest BCUT2D eigenvalue weighted by Crippen LogP contribution is 2.21. The lowest BCUT2D eigenvalue weighted by atomic mass is 10.2. The molecule has 4 rings (SSSR count). The molecule has 2 aliphatic heterocycles. The Bertz CT molecular complexity index is 918. The van der Waals surface area contributed by atoms with Gasteiger partial charge in [-0.25, -0.2) is 15.3 Å². The number of carbonyl (C=O) groups excluding carboxylic acids is 1. The number of rotatable bonds is 8. The van der Waals surface area contributed by atoms with Crippen molar-refractivity contribution in [3.05, 3.63) is 59.0 Å². The van der Waals surface area contributed by atoms with E-state index in [0.29, 0.717) is 24.2 Å². The first-order valence-electron chi connectivity index (χ1n) is 11.0. The molecule has 3 heterocycles. The highest BCUT2D eigenvalue weighted by atomic mass is 35.5. The molecule has 1 unspecified atom stereocenters. The van der Waals surface area contributed by atoms with Crippen LogP contribution in [-0.2, 0) is 20.9 Å². The number of nitrogens with one attached hydrogen (secondary N) is 2. The van der Waals surface area contributed by atoms with Crippen molar-refractivity contribution in [2.75, 3.05) is 25.0 Å². The van der Waals surface area contributed by atoms with E-state index in [1.54, 1.807) is 18.5 Å². The fourth-order valence-electron chi connectivity index (χ4n) is 3.79. The first-order valence-corrected chi connectivity index (χ1v) is 11.3. The summed E-state index contributed by atoms with van der Waals surface area (Å²) in [5.74, 6) is 0.349. The number of nitrogens with zero attached hydrogens (tertiary/aromatic N) is 3. The van der Waals surface area contributed by atoms with Gasteiger partial charge in [-0.05, 0) is 37.0 Å². The average molecular weight is 458 g/mol. The molecule has 0 bridgehead atoms. The summed E-state index contributed by atoms with van der Waals surface area (Å²) in [5.41, 5.74) is 4.12. The number of halogens is 1. The molecule has 1 aromatic heterocycles. The predicted octanol–water partition coefficient (Wildman–Crippen LogP) is 3.40. The van der Waals surface area contributed by atoms with E-state index in [2.05, 4.69) is 31.7 Å². The zero-order valence-electron chi connectivity index (χ0n) is 17.9. The molecule has 2 N–H and O–H groups in total. The highest BCUT2D eigenvalue weighted by Gasteiger charge is 2.23. The molecule has 0 aliphatic carbocycles. The second-order valence-corrected chi connectivity index (χ2v) is 8.40. The van der Waals surface area contributed by atoms with Gasteiger partial charge in [-0.15, -0.1) is 0 Å². The standard InChI is InChI=1S/C23H28ClN5O3/c24-20-6-2-1-5-17(20)15-29-11-10-19(16-29)27-21-14-25-18(13-26-21)8-9-22(30)28-32-23-7-3-4-12-31-23/h1-2,5-6,8-9,13-14,19,23H,3-4,7,10-12,15-16H2,(H,26,27)(H,28,30)/t19-,23?/m1/s1. The molecular weight excluding hydrogens is 430 g/mol. The summed E-state index contributed by atoms with van der Waals surface area (Å²) < 4.78 is 5.40. The van der Waals surface area contributed by atoms with E-state index in [1.165, 1.54) is 6.08 Å². The minimum absolute atomic E-state index is 0.304. The number of likely N-dealkylation sites (tertiary alicyclic amines) is 1. The van der Waals surface area contributed by atoms with E-state index in [4.69, 9.17) is 21.2 Å². The monoisotopic (exact) mass is 457 g/mol. The van der Waals surface area contributed by atoms with Crippen LogP contribution in [0.2, 0.25) is 5.02 Å². The molecule has 32 heavy (non-hydrogen) atoms. The molecule has 9 heteroatoms. The van der Waals surface area contributed by atoms with Crippen molar-refractivity contribution in [3.63, 3.8) is 0 Å². The van der Waals surface area contributed by atoms with Crippen LogP contribution in [0.5, 0.6) is 0 Å². The van der Waals surface area contributed by atoms with Crippen molar-refractivity contribution in [2.24, 2.45) is 0 Å². The maximum atomic E-state index is 11.9. The summed E-state index contributed by atoms with van der Waals surface area (Å²) in [7, 11) is 0. The molecular formula is C23H28ClN5O3. The Morgan fingerprint density at radius 1 is 1.25 bits per heavy atom. The average Bonchev–Trinajstić information content (AvgIpc) is 3.26. The van der Waals surface area contributed by atoms with Crippen LogP contribution in [0.15, 0.2) is 42.7 Å². The van der Waals surface area contributed by atoms with E-state index >= 15 is 0 Å². The molecule has 2 atom stereocenters. The Kier molecular flexibility index (Phi) is 8.06. The number of hydrogen-bond donors (Lipinski definition) is 2. The van der Waals surface area contributed by atoms with Crippen LogP contribution < -0.4 is 10.8 Å². The van der Waals surface area contributed by atoms with Gasteiger partial charge in [0, 0.05) is 49.8 Å². The van der Waals surface area contributed by atoms with E-state index < -0.39 is 0 Å². The zero-order chi connectivity index (χ0) is 22.2. The van der Waals surface area contributed by atoms with Crippen molar-refractivity contribution < 1.29 is 14.4 Å². The van der Waals surface area contributed by atoms with E-state index in [0.717, 1.165) is 55.9 Å². The van der Waals surface area contributed by atoms with Gasteiger partial charge in [0.05, 0.1) is 18.1 Å². The molecule has 2 aliphatic rings. The third-order valence-electron chi connectivity index (χ3n) is 5.48. The van der Waals surface area contributed by atoms with Gasteiger partial charge in [0.2, 0.25) is 0 Å². The first kappa shape index (κ1) is 22.7. The largest absolute Gasteiger partial charge is 0.365 e. The Morgan fingerprint density at radius 2 is 2.16 bits per heavy atom. The summed E-state index contributed by atoms with van der Waals surface area (Å²) in [6.45, 7) is 3.41. The Labute approximate surface area is 192 Å². The van der Waals surface area contributed by atoms with Crippen molar-refractivity contribution in [3.8, 4) is 0 Å². The first-order chi connectivity index (χ1) is 15.7. The molecule has 2 aromatic rings. The smallest absolute Gasteiger partial charge is 0.267 e. The number of benzene rings is 1. The Morgan fingerprint density at radius 3 is 2.94 bits per heavy atom. The van der Waals surface area contributed by atoms with Gasteiger partial charge in [-0.3, -0.25) is 14.7 Å². The minimum Gasteiger partial charge on any atom is -0.365 e. The summed E-state index contributed by atoms with van der Waals surface area (Å²) in [6.07, 6.45) is 9.77. The summed E-state index contributed by atoms with van der Waals surface area (Å²) in [4.78, 5) is 28.3. The number of ether oxygens (including phenoxy) is 1. The van der Waals surface area contributed by atoms with Gasteiger partial charge in [-0.2, -0.15) is 0 Å². The van der Waals surface area contributed by atoms with Gasteiger partial charge in [-0.1, -0.05) is 29.8 Å². The quantitative estimate of drug-likeness (QED) is 0.464. The third kappa shape index (κ3) is 6.74. The summed E-state index contributed by atoms with van der Waals surface area (Å²) in [5, 5.41) is 4.24. The molecule has 2 saturated heterocycles. The van der Waals surface area contributed by atoms with E-state index in [1.807, 2.05) is 18.2 Å². The van der Waals surface area contributed by atoms with Crippen LogP contribution in [0, 0.1) is 0 Å². The van der Waals surface area contributed by atoms with Crippen LogP contribution in [-0.4, -0.2) is 52.8 Å². The number of aromatic nitrogens is 2. The van der Waals surface area contributed by atoms with Crippen molar-refractivity contribution in [1.82, 2.24) is 20.3 Å². The number of amides is 1. The fraction of sp³-hybridized carbons (Fsp3) is 0.435. The maximum Gasteiger partial charge on any atom is 0.267 e. The van der Waals surface area contributed by atoms with Crippen LogP contribution in [0.3, 0.4) is 0 Å². The van der Waals surface area contributed by atoms with Crippen molar-refractivity contribution in [1.29, 1.82) is 0 Å². The fourth-order valence-corrected chi connectivity index (χ4v) is 3.99. The minimum atomic E-state index is -0.373. The molecule has 0 radical (unpaired) electrons. The van der Waals surface area contributed by atoms with Gasteiger partial charge in [0.25, 0.3) is 5.91 Å². The van der Waals surface area contributed by atoms with Gasteiger partial charge in [0.1, 0.15) is 5.82 Å². The molecule has 0 saturated carbocycles. The lowest BCUT2D eigenvalue weighted by Crippen LogP contribution is -2.32. The van der Waals surface area contributed by atoms with Gasteiger partial charge < -0.3 is 10.1 Å². The summed E-state index contributed by atoms with van der Waals surface area (Å²) in [6, 6.07) is 8.26. The van der Waals surface area contributed by atoms with Crippen LogP contribution in [0.25, 0.3) is 6.08 Å². The Balaban J connectivity index is 1.20. The normalized spacial score (nSPS) is 21.7. The molecule has 1 amide bonds. The number of hydroxylamine groups is 1. The molecule has 2 fully saturated rings. The lowest BCUT2D eigenvalue weighted by Gasteiger charge is -2.21. The second kappa shape index (κ2) is 11.4. The topological polar surface area (TPSA) is 88.6 Å². The van der Waals surface area contributed by atoms with Gasteiger partial charge in [0.15, 0.2) is 6.29 Å². The molecule has 1 aromatic carbocycles. The summed E-state index contributed by atoms with van der Waals surface area (Å²) >= 11 is 6.28. The van der Waals surface area contributed by atoms with Crippen LogP contribution in [0.4, 0.5) is 5.82 Å². The Hall–Kier alpha value is -2.52. The van der Waals surface area contributed by atoms with E-state index in [-0.39, 0.29) is 12.2 Å². The number of hydrogen-bond acceptors (Lipinski definition) is 7. The number of carbonyl (C=O) groups is 1. The third-order valence-corrected chi connectivity index (χ3v) is 5.85. The van der Waals surface area contributed by atoms with Crippen LogP contribution >= 0.6 is 11.6 Å². The zero-order valence-corrected chi connectivity index (χ0v) is 18.6. The van der Waals surface area contributed by atoms with Crippen molar-refractivity contribution in [2.45, 2.75) is 44.6 Å². The van der Waals surface area contributed by atoms with Crippen LogP contribution in [0.1, 0.15) is 36.9 Å². The van der Waals surface area contributed by atoms with E-state index in [9.17, 15) is 4.79 Å². The molecule has 170 valence electrons. The highest BCUT2D eigenvalue weighted by molar-refractivity contribution is 6.31. The SMILES string of the molecule is O=C(C=Cc1cnc(N[C@@H]2CCN(Cc3ccccc3Cl)C2)cn1)NOC1CCCCO1. The number of anilines is 1.